The topological polar surface area (TPSA) is 337 Å². The van der Waals surface area contributed by atoms with Gasteiger partial charge in [0.15, 0.2) is 25.2 Å². The lowest BCUT2D eigenvalue weighted by Crippen LogP contribution is -2.69. The standard InChI is InChI=1S/C26H46O21/c1-26(39)10(5-29)45-25(17(36)21(26)37)47-20-9(6-41-23-15(34)12(31)18(40-2)7(3-27)43-23)44-24(16(35)13(20)32)46-19-8(4-28)42-22(38)14(33)11(19)30/h7-25,27-39H,3-6H2,1-2H3/t7?,8?,9?,10?,11-,12-,13-,14?,15?,16?,17?,18+,19+,20+,21-,22-,23-,24+,25+,26+/m0/s1. The second-order valence-corrected chi connectivity index (χ2v) is 12.0. The number of aliphatic hydroxyl groups is 13. The van der Waals surface area contributed by atoms with Gasteiger partial charge in [0, 0.05) is 7.11 Å². The SMILES string of the molecule is CO[C@@H]1C(CO)O[C@H](OCC2O[C@H](O[C@@H]3C(CO)O[C@H](O)C(O)[C@@H]3O)C(O)[C@H](O)[C@@H]2O[C@H]2OC(CO)[C@@](C)(O)[C@@H](O)C2O)C(O)[C@@H]1O. The Morgan fingerprint density at radius 2 is 1.04 bits per heavy atom. The van der Waals surface area contributed by atoms with Gasteiger partial charge in [0.2, 0.25) is 0 Å². The van der Waals surface area contributed by atoms with E-state index in [1.165, 1.54) is 7.11 Å². The maximum absolute atomic E-state index is 11.2. The van der Waals surface area contributed by atoms with Crippen LogP contribution in [0.2, 0.25) is 0 Å². The minimum Gasteiger partial charge on any atom is -0.394 e. The molecule has 0 aromatic rings. The number of methoxy groups -OCH3 is 1. The fourth-order valence-corrected chi connectivity index (χ4v) is 5.94. The van der Waals surface area contributed by atoms with Gasteiger partial charge in [-0.25, -0.2) is 0 Å². The molecule has 0 spiro atoms. The van der Waals surface area contributed by atoms with E-state index < -0.39 is 149 Å². The zero-order chi connectivity index (χ0) is 35.0. The highest BCUT2D eigenvalue weighted by atomic mass is 16.8. The lowest BCUT2D eigenvalue weighted by Gasteiger charge is -2.50. The van der Waals surface area contributed by atoms with Crippen LogP contribution < -0.4 is 0 Å². The molecule has 0 bridgehead atoms. The molecule has 4 rings (SSSR count). The van der Waals surface area contributed by atoms with Gasteiger partial charge in [-0.05, 0) is 6.92 Å². The van der Waals surface area contributed by atoms with Crippen molar-refractivity contribution in [2.24, 2.45) is 0 Å². The Morgan fingerprint density at radius 3 is 1.62 bits per heavy atom. The second kappa shape index (κ2) is 16.0. The predicted octanol–water partition coefficient (Wildman–Crippen LogP) is -8.70. The van der Waals surface area contributed by atoms with Gasteiger partial charge in [0.05, 0.1) is 26.4 Å². The smallest absolute Gasteiger partial charge is 0.187 e. The van der Waals surface area contributed by atoms with Crippen LogP contribution in [0.5, 0.6) is 0 Å². The summed E-state index contributed by atoms with van der Waals surface area (Å²) < 4.78 is 43.8. The first-order valence-electron chi connectivity index (χ1n) is 14.9. The number of aliphatic hydroxyl groups excluding tert-OH is 12. The summed E-state index contributed by atoms with van der Waals surface area (Å²) in [6, 6.07) is 0. The molecule has 276 valence electrons. The van der Waals surface area contributed by atoms with Crippen molar-refractivity contribution < 1.29 is 104 Å². The highest BCUT2D eigenvalue weighted by Gasteiger charge is 2.56. The number of hydrogen-bond acceptors (Lipinski definition) is 21. The third-order valence-electron chi connectivity index (χ3n) is 8.90. The lowest BCUT2D eigenvalue weighted by molar-refractivity contribution is -0.388. The number of hydrogen-bond donors (Lipinski definition) is 13. The summed E-state index contributed by atoms with van der Waals surface area (Å²) in [5.41, 5.74) is -2.14. The monoisotopic (exact) mass is 694 g/mol. The van der Waals surface area contributed by atoms with Crippen molar-refractivity contribution in [1.82, 2.24) is 0 Å². The molecule has 0 saturated carbocycles. The van der Waals surface area contributed by atoms with Crippen LogP contribution in [0.1, 0.15) is 6.92 Å². The molecule has 4 aliphatic heterocycles. The quantitative estimate of drug-likeness (QED) is 0.0954. The highest BCUT2D eigenvalue weighted by Crippen LogP contribution is 2.35. The Labute approximate surface area is 267 Å². The molecule has 21 nitrogen and oxygen atoms in total. The Kier molecular flexibility index (Phi) is 13.3. The zero-order valence-corrected chi connectivity index (χ0v) is 25.4. The molecule has 4 saturated heterocycles. The van der Waals surface area contributed by atoms with Crippen LogP contribution in [0.4, 0.5) is 0 Å². The van der Waals surface area contributed by atoms with Crippen molar-refractivity contribution in [1.29, 1.82) is 0 Å². The summed E-state index contributed by atoms with van der Waals surface area (Å²) in [4.78, 5) is 0. The summed E-state index contributed by atoms with van der Waals surface area (Å²) in [7, 11) is 1.22. The second-order valence-electron chi connectivity index (χ2n) is 12.0. The largest absolute Gasteiger partial charge is 0.394 e. The average molecular weight is 695 g/mol. The molecule has 0 aliphatic carbocycles. The minimum absolute atomic E-state index is 0.651. The van der Waals surface area contributed by atoms with Crippen molar-refractivity contribution in [3.05, 3.63) is 0 Å². The molecule has 13 N–H and O–H groups in total. The van der Waals surface area contributed by atoms with E-state index in [-0.39, 0.29) is 0 Å². The summed E-state index contributed by atoms with van der Waals surface area (Å²) in [6.45, 7) is -1.95. The maximum Gasteiger partial charge on any atom is 0.187 e. The zero-order valence-electron chi connectivity index (χ0n) is 25.4. The van der Waals surface area contributed by atoms with Crippen LogP contribution in [-0.2, 0) is 37.9 Å². The van der Waals surface area contributed by atoms with Gasteiger partial charge in [-0.3, -0.25) is 0 Å². The third-order valence-corrected chi connectivity index (χ3v) is 8.90. The summed E-state index contributed by atoms with van der Waals surface area (Å²) in [5, 5.41) is 134. The molecule has 4 fully saturated rings. The Hall–Kier alpha value is -0.840. The van der Waals surface area contributed by atoms with E-state index in [9.17, 15) is 66.4 Å². The number of rotatable bonds is 11. The van der Waals surface area contributed by atoms with E-state index in [1.807, 2.05) is 0 Å². The van der Waals surface area contributed by atoms with Crippen molar-refractivity contribution >= 4 is 0 Å². The Balaban J connectivity index is 1.58. The third kappa shape index (κ3) is 7.75. The van der Waals surface area contributed by atoms with E-state index in [0.717, 1.165) is 6.92 Å². The Bertz CT molecular complexity index is 969. The molecule has 4 aliphatic rings. The van der Waals surface area contributed by atoms with Crippen molar-refractivity contribution in [2.45, 2.75) is 129 Å². The molecule has 0 aromatic carbocycles. The Morgan fingerprint density at radius 1 is 0.553 bits per heavy atom. The van der Waals surface area contributed by atoms with Gasteiger partial charge >= 0.3 is 0 Å². The summed E-state index contributed by atoms with van der Waals surface area (Å²) in [5.74, 6) is 0. The van der Waals surface area contributed by atoms with Gasteiger partial charge in [-0.2, -0.15) is 0 Å². The van der Waals surface area contributed by atoms with Crippen LogP contribution in [0.3, 0.4) is 0 Å². The fourth-order valence-electron chi connectivity index (χ4n) is 5.94. The first-order valence-corrected chi connectivity index (χ1v) is 14.9. The van der Waals surface area contributed by atoms with Gasteiger partial charge in [0.1, 0.15) is 97.2 Å². The molecule has 0 radical (unpaired) electrons. The highest BCUT2D eigenvalue weighted by molar-refractivity contribution is 5.01. The molecule has 8 unspecified atom stereocenters. The van der Waals surface area contributed by atoms with Crippen molar-refractivity contribution in [3.63, 3.8) is 0 Å². The minimum atomic E-state index is -2.14. The van der Waals surface area contributed by atoms with E-state index in [4.69, 9.17) is 37.9 Å². The molecule has 0 amide bonds. The average Bonchev–Trinajstić information content (AvgIpc) is 3.05. The van der Waals surface area contributed by atoms with Crippen LogP contribution in [-0.4, -0.2) is 222 Å². The van der Waals surface area contributed by atoms with Crippen LogP contribution in [0, 0.1) is 0 Å². The van der Waals surface area contributed by atoms with Crippen molar-refractivity contribution in [2.75, 3.05) is 33.5 Å². The fraction of sp³-hybridized carbons (Fsp3) is 1.00. The lowest BCUT2D eigenvalue weighted by atomic mass is 9.86. The normalized spacial score (nSPS) is 52.8. The molecule has 4 heterocycles. The van der Waals surface area contributed by atoms with Gasteiger partial charge in [-0.15, -0.1) is 0 Å². The van der Waals surface area contributed by atoms with Gasteiger partial charge < -0.3 is 104 Å². The van der Waals surface area contributed by atoms with Gasteiger partial charge in [-0.1, -0.05) is 0 Å². The maximum atomic E-state index is 11.2. The molecule has 20 atom stereocenters. The molecule has 0 aromatic heterocycles. The molecule has 47 heavy (non-hydrogen) atoms. The van der Waals surface area contributed by atoms with Crippen LogP contribution in [0.25, 0.3) is 0 Å². The summed E-state index contributed by atoms with van der Waals surface area (Å²) >= 11 is 0. The molecular formula is C26H46O21. The van der Waals surface area contributed by atoms with E-state index in [2.05, 4.69) is 0 Å². The molecule has 21 heteroatoms. The number of ether oxygens (including phenoxy) is 8. The predicted molar refractivity (Wildman–Crippen MR) is 143 cm³/mol. The van der Waals surface area contributed by atoms with Gasteiger partial charge in [0.25, 0.3) is 0 Å². The van der Waals surface area contributed by atoms with E-state index in [1.54, 1.807) is 0 Å². The van der Waals surface area contributed by atoms with Crippen LogP contribution >= 0.6 is 0 Å². The first-order chi connectivity index (χ1) is 22.1. The molecular weight excluding hydrogens is 648 g/mol. The van der Waals surface area contributed by atoms with Crippen LogP contribution in [0.15, 0.2) is 0 Å². The van der Waals surface area contributed by atoms with E-state index in [0.29, 0.717) is 0 Å². The summed E-state index contributed by atoms with van der Waals surface area (Å²) in [6.07, 6.45) is -32.7. The first kappa shape index (κ1) is 39.0. The van der Waals surface area contributed by atoms with E-state index >= 15 is 0 Å². The van der Waals surface area contributed by atoms with Crippen molar-refractivity contribution in [3.8, 4) is 0 Å².